The van der Waals surface area contributed by atoms with Gasteiger partial charge in [0.25, 0.3) is 0 Å². The van der Waals surface area contributed by atoms with Crippen molar-refractivity contribution in [3.8, 4) is 11.5 Å². The highest BCUT2D eigenvalue weighted by Crippen LogP contribution is 2.36. The summed E-state index contributed by atoms with van der Waals surface area (Å²) in [7, 11) is 0. The number of nitrogens with one attached hydrogen (secondary N) is 1. The Morgan fingerprint density at radius 3 is 2.77 bits per heavy atom. The smallest absolute Gasteiger partial charge is 0.335 e. The Bertz CT molecular complexity index is 748. The highest BCUT2D eigenvalue weighted by Gasteiger charge is 2.17. The van der Waals surface area contributed by atoms with E-state index in [0.29, 0.717) is 10.8 Å². The van der Waals surface area contributed by atoms with Gasteiger partial charge in [-0.3, -0.25) is 0 Å². The highest BCUT2D eigenvalue weighted by atomic mass is 35.5. The summed E-state index contributed by atoms with van der Waals surface area (Å²) in [6.45, 7) is 1.58. The zero-order valence-corrected chi connectivity index (χ0v) is 12.3. The van der Waals surface area contributed by atoms with Crippen LogP contribution >= 0.6 is 11.6 Å². The van der Waals surface area contributed by atoms with E-state index < -0.39 is 11.8 Å². The van der Waals surface area contributed by atoms with Gasteiger partial charge in [0.1, 0.15) is 5.75 Å². The molecular weight excluding hydrogens is 309 g/mol. The molecule has 0 fully saturated rings. The van der Waals surface area contributed by atoms with E-state index in [0.717, 1.165) is 36.7 Å². The fourth-order valence-corrected chi connectivity index (χ4v) is 2.74. The van der Waals surface area contributed by atoms with Gasteiger partial charge in [0.2, 0.25) is 0 Å². The quantitative estimate of drug-likeness (QED) is 0.906. The van der Waals surface area contributed by atoms with Crippen molar-refractivity contribution in [1.82, 2.24) is 5.32 Å². The lowest BCUT2D eigenvalue weighted by Crippen LogP contribution is -2.23. The van der Waals surface area contributed by atoms with Crippen molar-refractivity contribution in [2.75, 3.05) is 6.54 Å². The van der Waals surface area contributed by atoms with Crippen molar-refractivity contribution >= 4 is 17.6 Å². The summed E-state index contributed by atoms with van der Waals surface area (Å²) in [6.07, 6.45) is 0.784. The number of rotatable bonds is 3. The number of fused-ring (bicyclic) bond motifs is 1. The molecule has 0 amide bonds. The SMILES string of the molecule is O=C(O)c1ccc(Oc2ccc3c(c2Cl)CCNC3)c(F)c1. The van der Waals surface area contributed by atoms with E-state index in [-0.39, 0.29) is 11.3 Å². The Kier molecular flexibility index (Phi) is 4.00. The third-order valence-electron chi connectivity index (χ3n) is 3.57. The maximum absolute atomic E-state index is 13.9. The third-order valence-corrected chi connectivity index (χ3v) is 3.99. The van der Waals surface area contributed by atoms with Gasteiger partial charge in [-0.15, -0.1) is 0 Å². The molecular formula is C16H13ClFNO3. The van der Waals surface area contributed by atoms with Gasteiger partial charge in [0.15, 0.2) is 11.6 Å². The second kappa shape index (κ2) is 5.94. The van der Waals surface area contributed by atoms with Crippen molar-refractivity contribution in [2.45, 2.75) is 13.0 Å². The molecule has 0 saturated carbocycles. The standard InChI is InChI=1S/C16H13ClFNO3/c17-15-11-5-6-19-8-10(11)2-4-14(15)22-13-3-1-9(16(20)21)7-12(13)18/h1-4,7,19H,5-6,8H2,(H,20,21). The van der Waals surface area contributed by atoms with Crippen molar-refractivity contribution in [3.05, 3.63) is 57.9 Å². The predicted molar refractivity (Wildman–Crippen MR) is 80.3 cm³/mol. The van der Waals surface area contributed by atoms with Crippen molar-refractivity contribution in [1.29, 1.82) is 0 Å². The minimum atomic E-state index is -1.19. The van der Waals surface area contributed by atoms with Crippen molar-refractivity contribution in [2.24, 2.45) is 0 Å². The molecule has 1 aliphatic heterocycles. The van der Waals surface area contributed by atoms with Gasteiger partial charge in [0.05, 0.1) is 10.6 Å². The zero-order chi connectivity index (χ0) is 15.7. The molecule has 1 aliphatic rings. The lowest BCUT2D eigenvalue weighted by atomic mass is 10.0. The summed E-state index contributed by atoms with van der Waals surface area (Å²) in [5, 5.41) is 12.6. The van der Waals surface area contributed by atoms with Crippen LogP contribution in [0.4, 0.5) is 4.39 Å². The predicted octanol–water partition coefficient (Wildman–Crippen LogP) is 3.62. The Hall–Kier alpha value is -2.11. The summed E-state index contributed by atoms with van der Waals surface area (Å²) in [6, 6.07) is 7.09. The minimum Gasteiger partial charge on any atom is -0.478 e. The normalized spacial score (nSPS) is 13.5. The Labute approximate surface area is 131 Å². The van der Waals surface area contributed by atoms with Gasteiger partial charge in [0, 0.05) is 6.54 Å². The van der Waals surface area contributed by atoms with E-state index in [1.54, 1.807) is 6.07 Å². The fourth-order valence-electron chi connectivity index (χ4n) is 2.43. The molecule has 0 aliphatic carbocycles. The topological polar surface area (TPSA) is 58.6 Å². The van der Waals surface area contributed by atoms with E-state index in [2.05, 4.69) is 5.32 Å². The van der Waals surface area contributed by atoms with E-state index in [1.807, 2.05) is 6.07 Å². The number of halogens is 2. The van der Waals surface area contributed by atoms with Gasteiger partial charge in [-0.25, -0.2) is 9.18 Å². The average molecular weight is 322 g/mol. The van der Waals surface area contributed by atoms with E-state index in [4.69, 9.17) is 21.4 Å². The molecule has 0 spiro atoms. The number of ether oxygens (including phenoxy) is 1. The van der Waals surface area contributed by atoms with E-state index in [9.17, 15) is 9.18 Å². The first-order valence-electron chi connectivity index (χ1n) is 6.78. The third kappa shape index (κ3) is 2.77. The van der Waals surface area contributed by atoms with Crippen LogP contribution in [0.5, 0.6) is 11.5 Å². The summed E-state index contributed by atoms with van der Waals surface area (Å²) in [4.78, 5) is 10.8. The molecule has 0 atom stereocenters. The highest BCUT2D eigenvalue weighted by molar-refractivity contribution is 6.33. The lowest BCUT2D eigenvalue weighted by molar-refractivity contribution is 0.0696. The number of hydrogen-bond donors (Lipinski definition) is 2. The molecule has 2 aromatic carbocycles. The van der Waals surface area contributed by atoms with Gasteiger partial charge in [-0.2, -0.15) is 0 Å². The van der Waals surface area contributed by atoms with Crippen LogP contribution in [0.3, 0.4) is 0 Å². The van der Waals surface area contributed by atoms with Crippen molar-refractivity contribution < 1.29 is 19.0 Å². The van der Waals surface area contributed by atoms with Crippen LogP contribution in [0.1, 0.15) is 21.5 Å². The van der Waals surface area contributed by atoms with E-state index in [1.165, 1.54) is 12.1 Å². The minimum absolute atomic E-state index is 0.0548. The zero-order valence-electron chi connectivity index (χ0n) is 11.5. The van der Waals surface area contributed by atoms with Crippen LogP contribution < -0.4 is 10.1 Å². The van der Waals surface area contributed by atoms with Crippen LogP contribution in [0.15, 0.2) is 30.3 Å². The first-order chi connectivity index (χ1) is 10.6. The number of benzene rings is 2. The Balaban J connectivity index is 1.92. The van der Waals surface area contributed by atoms with Crippen molar-refractivity contribution in [3.63, 3.8) is 0 Å². The first kappa shape index (κ1) is 14.8. The van der Waals surface area contributed by atoms with Crippen LogP contribution in [0, 0.1) is 5.82 Å². The maximum atomic E-state index is 13.9. The molecule has 4 nitrogen and oxygen atoms in total. The van der Waals surface area contributed by atoms with Gasteiger partial charge in [-0.05, 0) is 48.4 Å². The summed E-state index contributed by atoms with van der Waals surface area (Å²) >= 11 is 6.34. The summed E-state index contributed by atoms with van der Waals surface area (Å²) < 4.78 is 19.4. The largest absolute Gasteiger partial charge is 0.478 e. The van der Waals surface area contributed by atoms with Crippen LogP contribution in [0.25, 0.3) is 0 Å². The molecule has 6 heteroatoms. The monoisotopic (exact) mass is 321 g/mol. The second-order valence-corrected chi connectivity index (χ2v) is 5.37. The maximum Gasteiger partial charge on any atom is 0.335 e. The molecule has 22 heavy (non-hydrogen) atoms. The molecule has 2 aromatic rings. The number of carbonyl (C=O) groups is 1. The number of aromatic carboxylic acids is 1. The molecule has 3 rings (SSSR count). The summed E-state index contributed by atoms with van der Waals surface area (Å²) in [5.41, 5.74) is 1.97. The number of hydrogen-bond acceptors (Lipinski definition) is 3. The van der Waals surface area contributed by atoms with Crippen LogP contribution in [-0.2, 0) is 13.0 Å². The van der Waals surface area contributed by atoms with Gasteiger partial charge in [-0.1, -0.05) is 17.7 Å². The molecule has 0 saturated heterocycles. The molecule has 0 aromatic heterocycles. The summed E-state index contributed by atoms with van der Waals surface area (Å²) in [5.74, 6) is -1.62. The van der Waals surface area contributed by atoms with Gasteiger partial charge >= 0.3 is 5.97 Å². The molecule has 0 unspecified atom stereocenters. The Morgan fingerprint density at radius 2 is 2.05 bits per heavy atom. The van der Waals surface area contributed by atoms with Crippen LogP contribution in [0.2, 0.25) is 5.02 Å². The molecule has 2 N–H and O–H groups in total. The molecule has 114 valence electrons. The Morgan fingerprint density at radius 1 is 1.27 bits per heavy atom. The molecule has 0 bridgehead atoms. The molecule has 1 heterocycles. The van der Waals surface area contributed by atoms with Crippen LogP contribution in [-0.4, -0.2) is 17.6 Å². The number of carboxylic acids is 1. The average Bonchev–Trinajstić information content (AvgIpc) is 2.52. The lowest BCUT2D eigenvalue weighted by Gasteiger charge is -2.20. The first-order valence-corrected chi connectivity index (χ1v) is 7.15. The second-order valence-electron chi connectivity index (χ2n) is 4.99. The van der Waals surface area contributed by atoms with E-state index >= 15 is 0 Å². The molecule has 0 radical (unpaired) electrons. The fraction of sp³-hybridized carbons (Fsp3) is 0.188. The van der Waals surface area contributed by atoms with Gasteiger partial charge < -0.3 is 15.2 Å². The number of carboxylic acid groups (broad SMARTS) is 1.